The van der Waals surface area contributed by atoms with Crippen molar-refractivity contribution in [1.82, 2.24) is 5.32 Å². The molecule has 3 aromatic carbocycles. The first-order valence-corrected chi connectivity index (χ1v) is 11.1. The number of aryl methyl sites for hydroxylation is 1. The number of fused-ring (bicyclic) bond motifs is 1. The maximum atomic E-state index is 13.4. The predicted octanol–water partition coefficient (Wildman–Crippen LogP) is 3.85. The molecule has 0 fully saturated rings. The van der Waals surface area contributed by atoms with Gasteiger partial charge < -0.3 is 5.32 Å². The molecule has 0 atom stereocenters. The smallest absolute Gasteiger partial charge is 0.270 e. The van der Waals surface area contributed by atoms with Crippen LogP contribution in [0, 0.1) is 6.92 Å². The van der Waals surface area contributed by atoms with Gasteiger partial charge in [-0.2, -0.15) is 0 Å². The van der Waals surface area contributed by atoms with Crippen LogP contribution in [0.15, 0.2) is 83.8 Å². The summed E-state index contributed by atoms with van der Waals surface area (Å²) in [5.74, 6) is -0.615. The lowest BCUT2D eigenvalue weighted by molar-refractivity contribution is -0.116. The Bertz CT molecular complexity index is 1230. The molecule has 1 amide bonds. The van der Waals surface area contributed by atoms with Gasteiger partial charge in [-0.15, -0.1) is 0 Å². The Morgan fingerprint density at radius 2 is 1.53 bits per heavy atom. The molecule has 5 nitrogen and oxygen atoms in total. The molecular weight excluding hydrogens is 396 g/mol. The van der Waals surface area contributed by atoms with E-state index in [0.29, 0.717) is 22.4 Å². The lowest BCUT2D eigenvalue weighted by Crippen LogP contribution is -2.39. The highest BCUT2D eigenvalue weighted by molar-refractivity contribution is 7.97. The summed E-state index contributed by atoms with van der Waals surface area (Å²) in [6, 6.07) is 24.1. The number of carbonyl (C=O) groups excluding carboxylic acids is 1. The Balaban J connectivity index is 1.84. The van der Waals surface area contributed by atoms with Crippen LogP contribution in [0.5, 0.6) is 0 Å². The van der Waals surface area contributed by atoms with E-state index in [9.17, 15) is 13.2 Å². The van der Waals surface area contributed by atoms with E-state index in [1.54, 1.807) is 12.1 Å². The number of nitrogens with one attached hydrogen (secondary N) is 1. The highest BCUT2D eigenvalue weighted by Gasteiger charge is 2.39. The average molecular weight is 419 g/mol. The van der Waals surface area contributed by atoms with E-state index in [0.717, 1.165) is 11.1 Å². The van der Waals surface area contributed by atoms with E-state index in [-0.39, 0.29) is 11.4 Å². The molecular formula is C24H22N2O3S. The molecule has 1 N–H and O–H groups in total. The monoisotopic (exact) mass is 418 g/mol. The quantitative estimate of drug-likeness (QED) is 0.700. The molecule has 1 aliphatic heterocycles. The molecule has 0 unspecified atom stereocenters. The normalized spacial score (nSPS) is 14.9. The van der Waals surface area contributed by atoms with Gasteiger partial charge in [0.1, 0.15) is 0 Å². The number of nitrogens with zero attached hydrogens (tertiary/aromatic N) is 1. The minimum absolute atomic E-state index is 0.234. The molecule has 0 spiro atoms. The standard InChI is InChI=1S/C24H22N2O3S/c1-17-12-14-18(15-13-17)16-25-24(27)23-22(19-8-4-3-5-9-19)20-10-6-7-11-21(20)26(2)30(23,28)29/h3-15H,16H2,1-2H3,(H,25,27). The molecule has 3 aromatic rings. The fourth-order valence-corrected chi connectivity index (χ4v) is 5.05. The first kappa shape index (κ1) is 19.9. The number of rotatable bonds is 4. The molecule has 0 saturated carbocycles. The van der Waals surface area contributed by atoms with Crippen molar-refractivity contribution in [3.63, 3.8) is 0 Å². The number of carbonyl (C=O) groups is 1. The fraction of sp³-hybridized carbons (Fsp3) is 0.125. The van der Waals surface area contributed by atoms with Crippen molar-refractivity contribution in [3.8, 4) is 0 Å². The molecule has 1 heterocycles. The summed E-state index contributed by atoms with van der Waals surface area (Å²) in [5.41, 5.74) is 4.38. The predicted molar refractivity (Wildman–Crippen MR) is 119 cm³/mol. The third-order valence-corrected chi connectivity index (χ3v) is 7.02. The molecule has 152 valence electrons. The van der Waals surface area contributed by atoms with Gasteiger partial charge in [0.05, 0.1) is 5.69 Å². The van der Waals surface area contributed by atoms with E-state index in [4.69, 9.17) is 0 Å². The Kier molecular flexibility index (Phi) is 5.18. The lowest BCUT2D eigenvalue weighted by Gasteiger charge is -2.30. The SMILES string of the molecule is Cc1ccc(CNC(=O)C2=C(c3ccccc3)c3ccccc3N(C)S2(=O)=O)cc1. The summed E-state index contributed by atoms with van der Waals surface area (Å²) >= 11 is 0. The molecule has 0 aliphatic carbocycles. The first-order chi connectivity index (χ1) is 14.4. The van der Waals surface area contributed by atoms with Crippen molar-refractivity contribution >= 4 is 27.2 Å². The van der Waals surface area contributed by atoms with Gasteiger partial charge in [0.25, 0.3) is 15.9 Å². The van der Waals surface area contributed by atoms with Crippen molar-refractivity contribution in [2.45, 2.75) is 13.5 Å². The minimum Gasteiger partial charge on any atom is -0.347 e. The second-order valence-corrected chi connectivity index (χ2v) is 9.13. The van der Waals surface area contributed by atoms with E-state index in [2.05, 4.69) is 5.32 Å². The van der Waals surface area contributed by atoms with Gasteiger partial charge in [0.15, 0.2) is 4.91 Å². The first-order valence-electron chi connectivity index (χ1n) is 9.61. The molecule has 0 radical (unpaired) electrons. The van der Waals surface area contributed by atoms with Gasteiger partial charge in [-0.3, -0.25) is 9.10 Å². The number of amides is 1. The molecule has 1 aliphatic rings. The summed E-state index contributed by atoms with van der Waals surface area (Å²) in [4.78, 5) is 13.0. The second kappa shape index (κ2) is 7.80. The summed E-state index contributed by atoms with van der Waals surface area (Å²) < 4.78 is 27.9. The largest absolute Gasteiger partial charge is 0.347 e. The summed E-state index contributed by atoms with van der Waals surface area (Å²) in [6.07, 6.45) is 0. The zero-order valence-corrected chi connectivity index (χ0v) is 17.6. The Hall–Kier alpha value is -3.38. The number of hydrogen-bond acceptors (Lipinski definition) is 3. The van der Waals surface area contributed by atoms with Crippen molar-refractivity contribution in [1.29, 1.82) is 0 Å². The summed E-state index contributed by atoms with van der Waals surface area (Å²) in [5, 5.41) is 2.79. The number of para-hydroxylation sites is 1. The highest BCUT2D eigenvalue weighted by Crippen LogP contribution is 2.41. The highest BCUT2D eigenvalue weighted by atomic mass is 32.2. The minimum atomic E-state index is -4.02. The van der Waals surface area contributed by atoms with E-state index in [1.807, 2.05) is 73.7 Å². The third kappa shape index (κ3) is 3.50. The van der Waals surface area contributed by atoms with Crippen molar-refractivity contribution in [3.05, 3.63) is 106 Å². The van der Waals surface area contributed by atoms with Crippen LogP contribution in [0.3, 0.4) is 0 Å². The molecule has 6 heteroatoms. The van der Waals surface area contributed by atoms with Gasteiger partial charge in [0, 0.05) is 24.7 Å². The fourth-order valence-electron chi connectivity index (χ4n) is 3.57. The topological polar surface area (TPSA) is 66.5 Å². The molecule has 0 bridgehead atoms. The van der Waals surface area contributed by atoms with Gasteiger partial charge >= 0.3 is 0 Å². The third-order valence-electron chi connectivity index (χ3n) is 5.20. The molecule has 30 heavy (non-hydrogen) atoms. The van der Waals surface area contributed by atoms with Gasteiger partial charge in [-0.05, 0) is 24.1 Å². The maximum Gasteiger partial charge on any atom is 0.270 e. The van der Waals surface area contributed by atoms with Gasteiger partial charge in [-0.25, -0.2) is 8.42 Å². The Labute approximate surface area is 176 Å². The van der Waals surface area contributed by atoms with Crippen LogP contribution in [0.1, 0.15) is 22.3 Å². The number of hydrogen-bond donors (Lipinski definition) is 1. The van der Waals surface area contributed by atoms with Crippen LogP contribution in [0.25, 0.3) is 5.57 Å². The lowest BCUT2D eigenvalue weighted by atomic mass is 9.95. The van der Waals surface area contributed by atoms with E-state index < -0.39 is 15.9 Å². The summed E-state index contributed by atoms with van der Waals surface area (Å²) in [6.45, 7) is 2.23. The molecule has 0 aromatic heterocycles. The molecule has 0 saturated heterocycles. The van der Waals surface area contributed by atoms with Gasteiger partial charge in [-0.1, -0.05) is 78.4 Å². The zero-order chi connectivity index (χ0) is 21.3. The van der Waals surface area contributed by atoms with E-state index in [1.165, 1.54) is 11.4 Å². The number of anilines is 1. The van der Waals surface area contributed by atoms with Crippen LogP contribution in [0.2, 0.25) is 0 Å². The zero-order valence-electron chi connectivity index (χ0n) is 16.8. The summed E-state index contributed by atoms with van der Waals surface area (Å²) in [7, 11) is -2.55. The maximum absolute atomic E-state index is 13.4. The molecule has 4 rings (SSSR count). The van der Waals surface area contributed by atoms with Crippen LogP contribution in [-0.2, 0) is 21.4 Å². The number of sulfonamides is 1. The van der Waals surface area contributed by atoms with Crippen LogP contribution < -0.4 is 9.62 Å². The van der Waals surface area contributed by atoms with Crippen LogP contribution >= 0.6 is 0 Å². The van der Waals surface area contributed by atoms with Gasteiger partial charge in [0.2, 0.25) is 0 Å². The van der Waals surface area contributed by atoms with Crippen molar-refractivity contribution in [2.75, 3.05) is 11.4 Å². The average Bonchev–Trinajstić information content (AvgIpc) is 2.76. The second-order valence-electron chi connectivity index (χ2n) is 7.23. The van der Waals surface area contributed by atoms with Crippen molar-refractivity contribution < 1.29 is 13.2 Å². The van der Waals surface area contributed by atoms with E-state index >= 15 is 0 Å². The number of benzene rings is 3. The van der Waals surface area contributed by atoms with Crippen LogP contribution in [-0.4, -0.2) is 21.4 Å². The van der Waals surface area contributed by atoms with Crippen molar-refractivity contribution in [2.24, 2.45) is 0 Å². The van der Waals surface area contributed by atoms with Crippen LogP contribution in [0.4, 0.5) is 5.69 Å². The Morgan fingerprint density at radius 3 is 2.23 bits per heavy atom. The Morgan fingerprint density at radius 1 is 0.900 bits per heavy atom.